The van der Waals surface area contributed by atoms with E-state index in [1.165, 1.54) is 6.92 Å². The number of benzene rings is 1. The second-order valence-corrected chi connectivity index (χ2v) is 5.76. The summed E-state index contributed by atoms with van der Waals surface area (Å²) in [6.07, 6.45) is 1.32. The topological polar surface area (TPSA) is 88.7 Å². The largest absolute Gasteiger partial charge is 0.492 e. The average Bonchev–Trinajstić information content (AvgIpc) is 2.59. The van der Waals surface area contributed by atoms with Gasteiger partial charge in [-0.05, 0) is 38.1 Å². The van der Waals surface area contributed by atoms with Gasteiger partial charge >= 0.3 is 0 Å². The SMILES string of the molecule is COC1(C(=O)NCCOc2cccc(NC(C)=O)c2)CCNCC1. The number of carbonyl (C=O) groups excluding carboxylic acids is 2. The van der Waals surface area contributed by atoms with Crippen LogP contribution in [-0.4, -0.2) is 50.8 Å². The van der Waals surface area contributed by atoms with Gasteiger partial charge in [-0.15, -0.1) is 0 Å². The number of ether oxygens (including phenoxy) is 2. The molecule has 1 aliphatic heterocycles. The molecule has 0 unspecified atom stereocenters. The molecule has 0 aromatic heterocycles. The van der Waals surface area contributed by atoms with E-state index < -0.39 is 5.60 Å². The Morgan fingerprint density at radius 3 is 2.71 bits per heavy atom. The maximum Gasteiger partial charge on any atom is 0.252 e. The van der Waals surface area contributed by atoms with Gasteiger partial charge < -0.3 is 25.4 Å². The molecule has 1 aromatic rings. The predicted octanol–water partition coefficient (Wildman–Crippen LogP) is 0.909. The maximum atomic E-state index is 12.4. The van der Waals surface area contributed by atoms with E-state index in [1.54, 1.807) is 31.4 Å². The summed E-state index contributed by atoms with van der Waals surface area (Å²) >= 11 is 0. The van der Waals surface area contributed by atoms with E-state index in [9.17, 15) is 9.59 Å². The van der Waals surface area contributed by atoms with E-state index in [-0.39, 0.29) is 11.8 Å². The van der Waals surface area contributed by atoms with Crippen molar-refractivity contribution in [3.63, 3.8) is 0 Å². The molecule has 0 radical (unpaired) electrons. The first-order valence-corrected chi connectivity index (χ1v) is 8.10. The lowest BCUT2D eigenvalue weighted by atomic mass is 9.91. The third-order valence-electron chi connectivity index (χ3n) is 4.03. The van der Waals surface area contributed by atoms with Crippen molar-refractivity contribution in [2.75, 3.05) is 38.7 Å². The molecule has 1 aliphatic rings. The summed E-state index contributed by atoms with van der Waals surface area (Å²) in [5, 5.41) is 8.79. The number of rotatable bonds is 7. The van der Waals surface area contributed by atoms with Crippen molar-refractivity contribution < 1.29 is 19.1 Å². The second kappa shape index (κ2) is 8.65. The van der Waals surface area contributed by atoms with Gasteiger partial charge in [0.15, 0.2) is 0 Å². The number of anilines is 1. The van der Waals surface area contributed by atoms with Crippen molar-refractivity contribution in [3.05, 3.63) is 24.3 Å². The van der Waals surface area contributed by atoms with Gasteiger partial charge in [-0.2, -0.15) is 0 Å². The smallest absolute Gasteiger partial charge is 0.252 e. The molecule has 7 nitrogen and oxygen atoms in total. The minimum absolute atomic E-state index is 0.0953. The molecule has 3 N–H and O–H groups in total. The predicted molar refractivity (Wildman–Crippen MR) is 91.1 cm³/mol. The Balaban J connectivity index is 1.78. The fourth-order valence-electron chi connectivity index (χ4n) is 2.72. The molecule has 0 spiro atoms. The van der Waals surface area contributed by atoms with Crippen molar-refractivity contribution >= 4 is 17.5 Å². The fraction of sp³-hybridized carbons (Fsp3) is 0.529. The van der Waals surface area contributed by atoms with Crippen LogP contribution in [0.2, 0.25) is 0 Å². The molecule has 2 amide bonds. The highest BCUT2D eigenvalue weighted by molar-refractivity contribution is 5.88. The highest BCUT2D eigenvalue weighted by Crippen LogP contribution is 2.22. The minimum Gasteiger partial charge on any atom is -0.492 e. The molecule has 1 aromatic carbocycles. The van der Waals surface area contributed by atoms with Gasteiger partial charge in [-0.3, -0.25) is 9.59 Å². The maximum absolute atomic E-state index is 12.4. The number of carbonyl (C=O) groups is 2. The van der Waals surface area contributed by atoms with Gasteiger partial charge in [-0.1, -0.05) is 6.07 Å². The van der Waals surface area contributed by atoms with Crippen LogP contribution in [0.25, 0.3) is 0 Å². The molecule has 1 fully saturated rings. The van der Waals surface area contributed by atoms with Crippen LogP contribution in [0.1, 0.15) is 19.8 Å². The molecule has 1 saturated heterocycles. The standard InChI is InChI=1S/C17H25N3O4/c1-13(21)20-14-4-3-5-15(12-14)24-11-10-19-16(22)17(23-2)6-8-18-9-7-17/h3-5,12,18H,6-11H2,1-2H3,(H,19,22)(H,20,21). The molecular weight excluding hydrogens is 310 g/mol. The summed E-state index contributed by atoms with van der Waals surface area (Å²) in [5.74, 6) is 0.409. The van der Waals surface area contributed by atoms with Gasteiger partial charge in [0.1, 0.15) is 18.0 Å². The monoisotopic (exact) mass is 335 g/mol. The fourth-order valence-corrected chi connectivity index (χ4v) is 2.72. The molecule has 24 heavy (non-hydrogen) atoms. The number of hydrogen-bond donors (Lipinski definition) is 3. The van der Waals surface area contributed by atoms with Crippen LogP contribution < -0.4 is 20.7 Å². The summed E-state index contributed by atoms with van der Waals surface area (Å²) < 4.78 is 11.1. The highest BCUT2D eigenvalue weighted by atomic mass is 16.5. The summed E-state index contributed by atoms with van der Waals surface area (Å²) in [6, 6.07) is 7.13. The molecule has 2 rings (SSSR count). The van der Waals surface area contributed by atoms with Crippen molar-refractivity contribution in [1.82, 2.24) is 10.6 Å². The Kier molecular flexibility index (Phi) is 6.57. The first kappa shape index (κ1) is 18.2. The third-order valence-corrected chi connectivity index (χ3v) is 4.03. The van der Waals surface area contributed by atoms with E-state index in [0.29, 0.717) is 37.4 Å². The molecule has 1 heterocycles. The van der Waals surface area contributed by atoms with Crippen LogP contribution in [0.15, 0.2) is 24.3 Å². The lowest BCUT2D eigenvalue weighted by Crippen LogP contribution is -2.54. The van der Waals surface area contributed by atoms with E-state index in [4.69, 9.17) is 9.47 Å². The molecule has 0 aliphatic carbocycles. The zero-order valence-electron chi connectivity index (χ0n) is 14.2. The summed E-state index contributed by atoms with van der Waals surface area (Å²) in [4.78, 5) is 23.4. The van der Waals surface area contributed by atoms with E-state index in [1.807, 2.05) is 0 Å². The van der Waals surface area contributed by atoms with E-state index in [2.05, 4.69) is 16.0 Å². The number of methoxy groups -OCH3 is 1. The Morgan fingerprint density at radius 1 is 1.29 bits per heavy atom. The highest BCUT2D eigenvalue weighted by Gasteiger charge is 2.39. The number of nitrogens with one attached hydrogen (secondary N) is 3. The van der Waals surface area contributed by atoms with Gasteiger partial charge in [0.25, 0.3) is 5.91 Å². The lowest BCUT2D eigenvalue weighted by molar-refractivity contribution is -0.146. The molecule has 0 bridgehead atoms. The van der Waals surface area contributed by atoms with Crippen LogP contribution in [-0.2, 0) is 14.3 Å². The lowest BCUT2D eigenvalue weighted by Gasteiger charge is -2.34. The van der Waals surface area contributed by atoms with Gasteiger partial charge in [0.2, 0.25) is 5.91 Å². The Hall–Kier alpha value is -2.12. The molecule has 7 heteroatoms. The number of piperidine rings is 1. The van der Waals surface area contributed by atoms with Crippen LogP contribution in [0.5, 0.6) is 5.75 Å². The normalized spacial score (nSPS) is 16.2. The van der Waals surface area contributed by atoms with Crippen molar-refractivity contribution in [3.8, 4) is 5.75 Å². The van der Waals surface area contributed by atoms with Crippen molar-refractivity contribution in [2.24, 2.45) is 0 Å². The Morgan fingerprint density at radius 2 is 2.04 bits per heavy atom. The number of amides is 2. The van der Waals surface area contributed by atoms with Crippen LogP contribution in [0.3, 0.4) is 0 Å². The molecule has 132 valence electrons. The van der Waals surface area contributed by atoms with Gasteiger partial charge in [-0.25, -0.2) is 0 Å². The summed E-state index contributed by atoms with van der Waals surface area (Å²) in [5.41, 5.74) is -0.0617. The minimum atomic E-state index is -0.740. The first-order valence-electron chi connectivity index (χ1n) is 8.10. The van der Waals surface area contributed by atoms with E-state index >= 15 is 0 Å². The van der Waals surface area contributed by atoms with E-state index in [0.717, 1.165) is 13.1 Å². The van der Waals surface area contributed by atoms with Crippen molar-refractivity contribution in [1.29, 1.82) is 0 Å². The molecule has 0 saturated carbocycles. The summed E-state index contributed by atoms with van der Waals surface area (Å²) in [7, 11) is 1.58. The zero-order chi connectivity index (χ0) is 17.4. The van der Waals surface area contributed by atoms with Crippen LogP contribution in [0, 0.1) is 0 Å². The first-order chi connectivity index (χ1) is 11.6. The second-order valence-electron chi connectivity index (χ2n) is 5.76. The average molecular weight is 335 g/mol. The quantitative estimate of drug-likeness (QED) is 0.645. The Bertz CT molecular complexity index is 571. The zero-order valence-corrected chi connectivity index (χ0v) is 14.2. The van der Waals surface area contributed by atoms with Gasteiger partial charge in [0.05, 0.1) is 6.54 Å². The summed E-state index contributed by atoms with van der Waals surface area (Å²) in [6.45, 7) is 3.73. The third kappa shape index (κ3) is 4.94. The molecule has 0 atom stereocenters. The van der Waals surface area contributed by atoms with Crippen LogP contribution in [0.4, 0.5) is 5.69 Å². The van der Waals surface area contributed by atoms with Gasteiger partial charge in [0, 0.05) is 25.8 Å². The van der Waals surface area contributed by atoms with Crippen molar-refractivity contribution in [2.45, 2.75) is 25.4 Å². The number of hydrogen-bond acceptors (Lipinski definition) is 5. The Labute approximate surface area is 142 Å². The molecular formula is C17H25N3O4. The van der Waals surface area contributed by atoms with Crippen LogP contribution >= 0.6 is 0 Å².